The smallest absolute Gasteiger partial charge is 0.131 e. The second-order valence-corrected chi connectivity index (χ2v) is 4.38. The summed E-state index contributed by atoms with van der Waals surface area (Å²) in [5.41, 5.74) is 1.65. The molecule has 0 saturated carbocycles. The Bertz CT molecular complexity index is 737. The first-order valence-electron chi connectivity index (χ1n) is 5.90. The molecule has 0 spiro atoms. The molecule has 3 rings (SSSR count). The summed E-state index contributed by atoms with van der Waals surface area (Å²) in [6.07, 6.45) is 0. The minimum atomic E-state index is -0.409. The lowest BCUT2D eigenvalue weighted by Gasteiger charge is -2.06. The zero-order valence-electron chi connectivity index (χ0n) is 10.00. The second-order valence-electron chi connectivity index (χ2n) is 4.38. The quantitative estimate of drug-likeness (QED) is 0.494. The van der Waals surface area contributed by atoms with Crippen molar-refractivity contribution in [2.45, 2.75) is 13.0 Å². The van der Waals surface area contributed by atoms with Crippen molar-refractivity contribution < 1.29 is 0 Å². The molecule has 1 atom stereocenters. The van der Waals surface area contributed by atoms with E-state index in [1.807, 2.05) is 36.4 Å². The van der Waals surface area contributed by atoms with Crippen molar-refractivity contribution in [1.82, 2.24) is 4.98 Å². The van der Waals surface area contributed by atoms with Gasteiger partial charge in [-0.3, -0.25) is 0 Å². The van der Waals surface area contributed by atoms with Crippen molar-refractivity contribution in [1.29, 1.82) is 0 Å². The average Bonchev–Trinajstić information content (AvgIpc) is 2.45. The van der Waals surface area contributed by atoms with E-state index in [2.05, 4.69) is 22.3 Å². The van der Waals surface area contributed by atoms with Gasteiger partial charge in [-0.2, -0.15) is 4.91 Å². The Morgan fingerprint density at radius 3 is 2.56 bits per heavy atom. The van der Waals surface area contributed by atoms with E-state index in [1.165, 1.54) is 0 Å². The summed E-state index contributed by atoms with van der Waals surface area (Å²) < 4.78 is 0. The molecule has 0 aliphatic carbocycles. The van der Waals surface area contributed by atoms with E-state index in [9.17, 15) is 4.91 Å². The van der Waals surface area contributed by atoms with Crippen LogP contribution in [0, 0.1) is 4.91 Å². The van der Waals surface area contributed by atoms with Crippen LogP contribution < -0.4 is 0 Å². The van der Waals surface area contributed by atoms with Crippen LogP contribution in [-0.4, -0.2) is 4.98 Å². The first-order chi connectivity index (χ1) is 8.79. The SMILES string of the molecule is CC(N=O)c1ccc2ccc3ccccc3c2n1. The summed E-state index contributed by atoms with van der Waals surface area (Å²) >= 11 is 0. The van der Waals surface area contributed by atoms with Gasteiger partial charge < -0.3 is 0 Å². The standard InChI is InChI=1S/C15H12N2O/c1-10(17-18)14-9-8-12-7-6-11-4-2-3-5-13(11)15(12)16-14/h2-10H,1H3. The van der Waals surface area contributed by atoms with E-state index in [0.717, 1.165) is 21.7 Å². The van der Waals surface area contributed by atoms with E-state index in [4.69, 9.17) is 0 Å². The normalized spacial score (nSPS) is 12.7. The number of fused-ring (bicyclic) bond motifs is 3. The molecule has 0 N–H and O–H groups in total. The van der Waals surface area contributed by atoms with Gasteiger partial charge >= 0.3 is 0 Å². The fraction of sp³-hybridized carbons (Fsp3) is 0.133. The Balaban J connectivity index is 2.36. The monoisotopic (exact) mass is 236 g/mol. The summed E-state index contributed by atoms with van der Waals surface area (Å²) in [5.74, 6) is 0. The van der Waals surface area contributed by atoms with Crippen LogP contribution in [-0.2, 0) is 0 Å². The Kier molecular flexibility index (Phi) is 2.52. The van der Waals surface area contributed by atoms with Gasteiger partial charge in [0.2, 0.25) is 0 Å². The van der Waals surface area contributed by atoms with E-state index in [0.29, 0.717) is 5.69 Å². The molecule has 3 heteroatoms. The summed E-state index contributed by atoms with van der Waals surface area (Å²) in [6, 6.07) is 15.7. The molecule has 0 saturated heterocycles. The third kappa shape index (κ3) is 1.64. The Morgan fingerprint density at radius 1 is 1.00 bits per heavy atom. The summed E-state index contributed by atoms with van der Waals surface area (Å²) in [4.78, 5) is 15.2. The second kappa shape index (κ2) is 4.18. The zero-order chi connectivity index (χ0) is 12.5. The van der Waals surface area contributed by atoms with Crippen molar-refractivity contribution in [2.24, 2.45) is 5.18 Å². The van der Waals surface area contributed by atoms with E-state index in [1.54, 1.807) is 6.92 Å². The maximum absolute atomic E-state index is 10.6. The highest BCUT2D eigenvalue weighted by atomic mass is 16.3. The molecule has 1 unspecified atom stereocenters. The predicted molar refractivity (Wildman–Crippen MR) is 73.5 cm³/mol. The van der Waals surface area contributed by atoms with Crippen molar-refractivity contribution in [3.63, 3.8) is 0 Å². The third-order valence-corrected chi connectivity index (χ3v) is 3.19. The van der Waals surface area contributed by atoms with Crippen LogP contribution in [0.25, 0.3) is 21.7 Å². The number of hydrogen-bond acceptors (Lipinski definition) is 3. The molecule has 2 aromatic carbocycles. The van der Waals surface area contributed by atoms with Gasteiger partial charge in [0.15, 0.2) is 0 Å². The molecule has 0 amide bonds. The predicted octanol–water partition coefficient (Wildman–Crippen LogP) is 4.22. The number of pyridine rings is 1. The molecule has 0 aliphatic rings. The number of nitroso groups, excluding NO2 is 1. The van der Waals surface area contributed by atoms with Gasteiger partial charge in [-0.15, -0.1) is 0 Å². The summed E-state index contributed by atoms with van der Waals surface area (Å²) in [6.45, 7) is 1.76. The largest absolute Gasteiger partial charge is 0.250 e. The van der Waals surface area contributed by atoms with Crippen LogP contribution in [0.1, 0.15) is 18.7 Å². The van der Waals surface area contributed by atoms with Crippen LogP contribution >= 0.6 is 0 Å². The minimum absolute atomic E-state index is 0.409. The maximum Gasteiger partial charge on any atom is 0.131 e. The fourth-order valence-electron chi connectivity index (χ4n) is 2.16. The molecule has 3 nitrogen and oxygen atoms in total. The molecule has 0 radical (unpaired) electrons. The summed E-state index contributed by atoms with van der Waals surface area (Å²) in [7, 11) is 0. The van der Waals surface area contributed by atoms with Gasteiger partial charge in [-0.05, 0) is 18.4 Å². The molecule has 1 aromatic heterocycles. The van der Waals surface area contributed by atoms with Gasteiger partial charge in [-0.25, -0.2) is 4.98 Å². The number of benzene rings is 2. The van der Waals surface area contributed by atoms with Crippen LogP contribution in [0.2, 0.25) is 0 Å². The van der Waals surface area contributed by atoms with Gasteiger partial charge in [0.1, 0.15) is 6.04 Å². The molecular formula is C15H12N2O. The van der Waals surface area contributed by atoms with Gasteiger partial charge in [-0.1, -0.05) is 47.6 Å². The Hall–Kier alpha value is -2.29. The third-order valence-electron chi connectivity index (χ3n) is 3.19. The van der Waals surface area contributed by atoms with Crippen molar-refractivity contribution in [3.05, 3.63) is 59.1 Å². The number of rotatable bonds is 2. The number of aromatic nitrogens is 1. The fourth-order valence-corrected chi connectivity index (χ4v) is 2.16. The minimum Gasteiger partial charge on any atom is -0.250 e. The average molecular weight is 236 g/mol. The van der Waals surface area contributed by atoms with Crippen LogP contribution in [0.4, 0.5) is 0 Å². The molecule has 18 heavy (non-hydrogen) atoms. The number of hydrogen-bond donors (Lipinski definition) is 0. The molecular weight excluding hydrogens is 224 g/mol. The summed E-state index contributed by atoms with van der Waals surface area (Å²) in [5, 5.41) is 6.37. The first-order valence-corrected chi connectivity index (χ1v) is 5.90. The molecule has 0 bridgehead atoms. The lowest BCUT2D eigenvalue weighted by atomic mass is 10.1. The Labute approximate surface area is 104 Å². The highest BCUT2D eigenvalue weighted by Crippen LogP contribution is 2.25. The van der Waals surface area contributed by atoms with Gasteiger partial charge in [0, 0.05) is 10.8 Å². The van der Waals surface area contributed by atoms with E-state index < -0.39 is 6.04 Å². The van der Waals surface area contributed by atoms with Crippen LogP contribution in [0.5, 0.6) is 0 Å². The molecule has 0 aliphatic heterocycles. The topological polar surface area (TPSA) is 42.3 Å². The highest BCUT2D eigenvalue weighted by molar-refractivity contribution is 6.05. The van der Waals surface area contributed by atoms with Crippen molar-refractivity contribution in [2.75, 3.05) is 0 Å². The lowest BCUT2D eigenvalue weighted by Crippen LogP contribution is -1.94. The molecule has 0 fully saturated rings. The Morgan fingerprint density at radius 2 is 1.72 bits per heavy atom. The highest BCUT2D eigenvalue weighted by Gasteiger charge is 2.08. The van der Waals surface area contributed by atoms with Crippen molar-refractivity contribution in [3.8, 4) is 0 Å². The van der Waals surface area contributed by atoms with E-state index >= 15 is 0 Å². The van der Waals surface area contributed by atoms with E-state index in [-0.39, 0.29) is 0 Å². The lowest BCUT2D eigenvalue weighted by molar-refractivity contribution is 0.782. The van der Waals surface area contributed by atoms with Crippen molar-refractivity contribution >= 4 is 21.7 Å². The maximum atomic E-state index is 10.6. The first kappa shape index (κ1) is 10.8. The van der Waals surface area contributed by atoms with Crippen LogP contribution in [0.3, 0.4) is 0 Å². The molecule has 1 heterocycles. The molecule has 3 aromatic rings. The molecule has 88 valence electrons. The van der Waals surface area contributed by atoms with Crippen LogP contribution in [0.15, 0.2) is 53.7 Å². The van der Waals surface area contributed by atoms with Gasteiger partial charge in [0.05, 0.1) is 11.2 Å². The number of nitrogens with zero attached hydrogens (tertiary/aromatic N) is 2. The van der Waals surface area contributed by atoms with Gasteiger partial charge in [0.25, 0.3) is 0 Å². The zero-order valence-corrected chi connectivity index (χ0v) is 10.00.